The summed E-state index contributed by atoms with van der Waals surface area (Å²) in [4.78, 5) is 0. The van der Waals surface area contributed by atoms with Crippen molar-refractivity contribution in [2.75, 3.05) is 18.1 Å². The SMILES string of the molecule is CC(C)Oc1ccc(C(N)CSCCO)cc1. The molecule has 0 fully saturated rings. The van der Waals surface area contributed by atoms with Crippen LogP contribution in [0.25, 0.3) is 0 Å². The fourth-order valence-corrected chi connectivity index (χ4v) is 2.18. The third-order valence-electron chi connectivity index (χ3n) is 2.21. The number of hydrogen-bond acceptors (Lipinski definition) is 4. The maximum absolute atomic E-state index is 8.69. The molecule has 0 saturated heterocycles. The second kappa shape index (κ2) is 7.58. The Labute approximate surface area is 107 Å². The van der Waals surface area contributed by atoms with E-state index in [1.165, 1.54) is 0 Å². The Kier molecular flexibility index (Phi) is 6.40. The zero-order valence-corrected chi connectivity index (χ0v) is 11.2. The van der Waals surface area contributed by atoms with Crippen molar-refractivity contribution in [1.29, 1.82) is 0 Å². The number of nitrogens with two attached hydrogens (primary N) is 1. The van der Waals surface area contributed by atoms with Crippen molar-refractivity contribution >= 4 is 11.8 Å². The van der Waals surface area contributed by atoms with Crippen LogP contribution in [0.15, 0.2) is 24.3 Å². The minimum absolute atomic E-state index is 0.0136. The summed E-state index contributed by atoms with van der Waals surface area (Å²) in [6.07, 6.45) is 0.189. The molecule has 1 aromatic carbocycles. The van der Waals surface area contributed by atoms with Crippen LogP contribution in [0.4, 0.5) is 0 Å². The molecule has 96 valence electrons. The van der Waals surface area contributed by atoms with Crippen LogP contribution in [0.1, 0.15) is 25.5 Å². The van der Waals surface area contributed by atoms with Crippen LogP contribution in [0.2, 0.25) is 0 Å². The van der Waals surface area contributed by atoms with Gasteiger partial charge in [-0.15, -0.1) is 0 Å². The molecule has 1 unspecified atom stereocenters. The van der Waals surface area contributed by atoms with Gasteiger partial charge in [-0.3, -0.25) is 0 Å². The highest BCUT2D eigenvalue weighted by Gasteiger charge is 2.06. The summed E-state index contributed by atoms with van der Waals surface area (Å²) in [6.45, 7) is 4.22. The highest BCUT2D eigenvalue weighted by atomic mass is 32.2. The lowest BCUT2D eigenvalue weighted by molar-refractivity contribution is 0.242. The van der Waals surface area contributed by atoms with E-state index in [4.69, 9.17) is 15.6 Å². The number of rotatable bonds is 7. The summed E-state index contributed by atoms with van der Waals surface area (Å²) in [5.41, 5.74) is 7.15. The zero-order valence-electron chi connectivity index (χ0n) is 10.4. The molecule has 0 radical (unpaired) electrons. The number of benzene rings is 1. The predicted molar refractivity (Wildman–Crippen MR) is 73.5 cm³/mol. The van der Waals surface area contributed by atoms with Gasteiger partial charge in [0.2, 0.25) is 0 Å². The van der Waals surface area contributed by atoms with E-state index >= 15 is 0 Å². The number of ether oxygens (including phenoxy) is 1. The van der Waals surface area contributed by atoms with Gasteiger partial charge in [0, 0.05) is 17.5 Å². The van der Waals surface area contributed by atoms with E-state index in [1.807, 2.05) is 38.1 Å². The molecule has 1 aromatic rings. The largest absolute Gasteiger partial charge is 0.491 e. The van der Waals surface area contributed by atoms with Crippen LogP contribution in [0.3, 0.4) is 0 Å². The first kappa shape index (κ1) is 14.4. The van der Waals surface area contributed by atoms with Crippen molar-refractivity contribution < 1.29 is 9.84 Å². The Bertz CT molecular complexity index is 314. The molecule has 0 aliphatic rings. The van der Waals surface area contributed by atoms with Gasteiger partial charge in [-0.05, 0) is 31.5 Å². The van der Waals surface area contributed by atoms with Gasteiger partial charge in [-0.25, -0.2) is 0 Å². The third-order valence-corrected chi connectivity index (χ3v) is 3.28. The number of thioether (sulfide) groups is 1. The van der Waals surface area contributed by atoms with Crippen LogP contribution in [-0.4, -0.2) is 29.3 Å². The number of aliphatic hydroxyl groups is 1. The average Bonchev–Trinajstić information content (AvgIpc) is 2.29. The summed E-state index contributed by atoms with van der Waals surface area (Å²) >= 11 is 1.66. The minimum Gasteiger partial charge on any atom is -0.491 e. The second-order valence-corrected chi connectivity index (χ2v) is 5.29. The van der Waals surface area contributed by atoms with Gasteiger partial charge in [-0.1, -0.05) is 12.1 Å². The van der Waals surface area contributed by atoms with Gasteiger partial charge in [0.15, 0.2) is 0 Å². The Hall–Kier alpha value is -0.710. The van der Waals surface area contributed by atoms with Gasteiger partial charge in [0.1, 0.15) is 5.75 Å². The molecule has 3 N–H and O–H groups in total. The van der Waals surface area contributed by atoms with Crippen molar-refractivity contribution in [1.82, 2.24) is 0 Å². The lowest BCUT2D eigenvalue weighted by Crippen LogP contribution is -2.13. The molecule has 0 heterocycles. The molecule has 1 atom stereocenters. The normalized spacial score (nSPS) is 12.8. The summed E-state index contributed by atoms with van der Waals surface area (Å²) in [5, 5.41) is 8.69. The molecule has 1 rings (SSSR count). The van der Waals surface area contributed by atoms with Gasteiger partial charge in [-0.2, -0.15) is 11.8 Å². The minimum atomic E-state index is 0.0136. The van der Waals surface area contributed by atoms with Crippen LogP contribution in [0.5, 0.6) is 5.75 Å². The molecular weight excluding hydrogens is 234 g/mol. The standard InChI is InChI=1S/C13H21NO2S/c1-10(2)16-12-5-3-11(4-6-12)13(14)9-17-8-7-15/h3-6,10,13,15H,7-9,14H2,1-2H3. The van der Waals surface area contributed by atoms with Crippen molar-refractivity contribution in [3.8, 4) is 5.75 Å². The monoisotopic (exact) mass is 255 g/mol. The van der Waals surface area contributed by atoms with Crippen LogP contribution in [0, 0.1) is 0 Å². The van der Waals surface area contributed by atoms with Gasteiger partial charge in [0.25, 0.3) is 0 Å². The lowest BCUT2D eigenvalue weighted by Gasteiger charge is -2.13. The molecule has 0 aliphatic heterocycles. The van der Waals surface area contributed by atoms with E-state index in [9.17, 15) is 0 Å². The van der Waals surface area contributed by atoms with E-state index in [1.54, 1.807) is 11.8 Å². The third kappa shape index (κ3) is 5.44. The Morgan fingerprint density at radius 2 is 1.94 bits per heavy atom. The van der Waals surface area contributed by atoms with Gasteiger partial charge >= 0.3 is 0 Å². The molecule has 3 nitrogen and oxygen atoms in total. The van der Waals surface area contributed by atoms with Crippen molar-refractivity contribution in [3.05, 3.63) is 29.8 Å². The molecular formula is C13H21NO2S. The molecule has 0 spiro atoms. The summed E-state index contributed by atoms with van der Waals surface area (Å²) in [5.74, 6) is 2.44. The molecule has 17 heavy (non-hydrogen) atoms. The highest BCUT2D eigenvalue weighted by molar-refractivity contribution is 7.99. The first-order chi connectivity index (χ1) is 8.13. The van der Waals surface area contributed by atoms with E-state index in [-0.39, 0.29) is 18.8 Å². The molecule has 0 aromatic heterocycles. The Morgan fingerprint density at radius 1 is 1.29 bits per heavy atom. The summed E-state index contributed by atoms with van der Waals surface area (Å²) < 4.78 is 5.57. The summed E-state index contributed by atoms with van der Waals surface area (Å²) in [6, 6.07) is 7.92. The lowest BCUT2D eigenvalue weighted by atomic mass is 10.1. The summed E-state index contributed by atoms with van der Waals surface area (Å²) in [7, 11) is 0. The maximum atomic E-state index is 8.69. The van der Waals surface area contributed by atoms with Crippen molar-refractivity contribution in [2.45, 2.75) is 26.0 Å². The fraction of sp³-hybridized carbons (Fsp3) is 0.538. The fourth-order valence-electron chi connectivity index (χ4n) is 1.44. The topological polar surface area (TPSA) is 55.5 Å². The zero-order chi connectivity index (χ0) is 12.7. The first-order valence-corrected chi connectivity index (χ1v) is 6.99. The quantitative estimate of drug-likeness (QED) is 0.733. The Balaban J connectivity index is 2.48. The second-order valence-electron chi connectivity index (χ2n) is 4.14. The molecule has 0 bridgehead atoms. The van der Waals surface area contributed by atoms with E-state index in [0.29, 0.717) is 0 Å². The maximum Gasteiger partial charge on any atom is 0.119 e. The molecule has 0 saturated carbocycles. The van der Waals surface area contributed by atoms with Crippen LogP contribution >= 0.6 is 11.8 Å². The van der Waals surface area contributed by atoms with Crippen LogP contribution in [-0.2, 0) is 0 Å². The van der Waals surface area contributed by atoms with E-state index < -0.39 is 0 Å². The van der Waals surface area contributed by atoms with Crippen molar-refractivity contribution in [2.24, 2.45) is 5.73 Å². The first-order valence-electron chi connectivity index (χ1n) is 5.84. The van der Waals surface area contributed by atoms with Crippen LogP contribution < -0.4 is 10.5 Å². The molecule has 0 aliphatic carbocycles. The average molecular weight is 255 g/mol. The van der Waals surface area contributed by atoms with E-state index in [0.717, 1.165) is 22.8 Å². The number of aliphatic hydroxyl groups excluding tert-OH is 1. The highest BCUT2D eigenvalue weighted by Crippen LogP contribution is 2.20. The van der Waals surface area contributed by atoms with Gasteiger partial charge in [0.05, 0.1) is 12.7 Å². The molecule has 0 amide bonds. The Morgan fingerprint density at radius 3 is 2.47 bits per heavy atom. The predicted octanol–water partition coefficient (Wildman–Crippen LogP) is 2.20. The van der Waals surface area contributed by atoms with E-state index in [2.05, 4.69) is 0 Å². The van der Waals surface area contributed by atoms with Gasteiger partial charge < -0.3 is 15.6 Å². The van der Waals surface area contributed by atoms with Crippen molar-refractivity contribution in [3.63, 3.8) is 0 Å². The number of hydrogen-bond donors (Lipinski definition) is 2. The molecule has 4 heteroatoms. The smallest absolute Gasteiger partial charge is 0.119 e.